The van der Waals surface area contributed by atoms with Crippen molar-refractivity contribution in [1.82, 2.24) is 0 Å². The molecule has 0 radical (unpaired) electrons. The molecule has 1 aromatic carbocycles. The number of thiol groups is 1. The first kappa shape index (κ1) is 11.1. The number of benzene rings is 1. The highest BCUT2D eigenvalue weighted by Crippen LogP contribution is 2.16. The van der Waals surface area contributed by atoms with E-state index in [1.165, 1.54) is 0 Å². The SMILES string of the molecule is CCC(C)C(=O)Oc1ccc(S)cc1. The van der Waals surface area contributed by atoms with Crippen molar-refractivity contribution in [2.24, 2.45) is 5.92 Å². The molecular formula is C11H14O2S. The van der Waals surface area contributed by atoms with Crippen LogP contribution >= 0.6 is 12.6 Å². The summed E-state index contributed by atoms with van der Waals surface area (Å²) in [7, 11) is 0. The van der Waals surface area contributed by atoms with Gasteiger partial charge in [0.05, 0.1) is 5.92 Å². The Morgan fingerprint density at radius 3 is 2.50 bits per heavy atom. The summed E-state index contributed by atoms with van der Waals surface area (Å²) in [6.07, 6.45) is 0.795. The average molecular weight is 210 g/mol. The molecule has 76 valence electrons. The maximum atomic E-state index is 11.4. The summed E-state index contributed by atoms with van der Waals surface area (Å²) >= 11 is 4.14. The summed E-state index contributed by atoms with van der Waals surface area (Å²) in [5.74, 6) is 0.346. The molecule has 1 aromatic rings. The first-order chi connectivity index (χ1) is 6.63. The molecule has 0 aliphatic carbocycles. The van der Waals surface area contributed by atoms with Crippen LogP contribution in [-0.2, 0) is 4.79 Å². The molecule has 0 aliphatic rings. The normalized spacial score (nSPS) is 12.2. The highest BCUT2D eigenvalue weighted by atomic mass is 32.1. The molecule has 1 unspecified atom stereocenters. The Balaban J connectivity index is 2.60. The first-order valence-corrected chi connectivity index (χ1v) is 5.09. The molecule has 0 saturated heterocycles. The zero-order chi connectivity index (χ0) is 10.6. The third-order valence-electron chi connectivity index (χ3n) is 2.07. The molecule has 1 rings (SSSR count). The van der Waals surface area contributed by atoms with Gasteiger partial charge < -0.3 is 4.74 Å². The summed E-state index contributed by atoms with van der Waals surface area (Å²) in [6, 6.07) is 7.07. The summed E-state index contributed by atoms with van der Waals surface area (Å²) in [4.78, 5) is 12.2. The third kappa shape index (κ3) is 3.07. The van der Waals surface area contributed by atoms with E-state index in [-0.39, 0.29) is 11.9 Å². The number of hydrogen-bond acceptors (Lipinski definition) is 3. The van der Waals surface area contributed by atoms with Gasteiger partial charge in [-0.1, -0.05) is 13.8 Å². The van der Waals surface area contributed by atoms with Gasteiger partial charge in [0.25, 0.3) is 0 Å². The van der Waals surface area contributed by atoms with Crippen molar-refractivity contribution >= 4 is 18.6 Å². The second-order valence-corrected chi connectivity index (χ2v) is 3.74. The van der Waals surface area contributed by atoms with Gasteiger partial charge in [-0.15, -0.1) is 12.6 Å². The third-order valence-corrected chi connectivity index (χ3v) is 2.37. The first-order valence-electron chi connectivity index (χ1n) is 4.64. The van der Waals surface area contributed by atoms with Gasteiger partial charge in [0.1, 0.15) is 5.75 Å². The predicted molar refractivity (Wildman–Crippen MR) is 58.8 cm³/mol. The lowest BCUT2D eigenvalue weighted by Gasteiger charge is -2.08. The minimum Gasteiger partial charge on any atom is -0.426 e. The molecule has 0 heterocycles. The fourth-order valence-electron chi connectivity index (χ4n) is 0.898. The molecule has 0 bridgehead atoms. The molecule has 0 amide bonds. The molecule has 14 heavy (non-hydrogen) atoms. The quantitative estimate of drug-likeness (QED) is 0.471. The number of esters is 1. The molecular weight excluding hydrogens is 196 g/mol. The standard InChI is InChI=1S/C11H14O2S/c1-3-8(2)11(12)13-9-4-6-10(14)7-5-9/h4-8,14H,3H2,1-2H3. The molecule has 0 aromatic heterocycles. The fraction of sp³-hybridized carbons (Fsp3) is 0.364. The maximum Gasteiger partial charge on any atom is 0.314 e. The molecule has 0 N–H and O–H groups in total. The molecule has 2 nitrogen and oxygen atoms in total. The Labute approximate surface area is 89.7 Å². The van der Waals surface area contributed by atoms with E-state index in [4.69, 9.17) is 4.74 Å². The summed E-state index contributed by atoms with van der Waals surface area (Å²) < 4.78 is 5.15. The van der Waals surface area contributed by atoms with Crippen LogP contribution in [0, 0.1) is 5.92 Å². The Bertz CT molecular complexity index is 306. The van der Waals surface area contributed by atoms with Crippen LogP contribution < -0.4 is 4.74 Å². The van der Waals surface area contributed by atoms with Gasteiger partial charge in [-0.3, -0.25) is 4.79 Å². The summed E-state index contributed by atoms with van der Waals surface area (Å²) in [5.41, 5.74) is 0. The van der Waals surface area contributed by atoms with Crippen LogP contribution in [0.1, 0.15) is 20.3 Å². The number of carbonyl (C=O) groups is 1. The molecule has 0 fully saturated rings. The monoisotopic (exact) mass is 210 g/mol. The molecule has 0 saturated carbocycles. The minimum absolute atomic E-state index is 0.0503. The van der Waals surface area contributed by atoms with Gasteiger partial charge in [-0.25, -0.2) is 0 Å². The fourth-order valence-corrected chi connectivity index (χ4v) is 1.05. The zero-order valence-electron chi connectivity index (χ0n) is 8.36. The number of hydrogen-bond donors (Lipinski definition) is 1. The van der Waals surface area contributed by atoms with Gasteiger partial charge >= 0.3 is 5.97 Å². The minimum atomic E-state index is -0.181. The van der Waals surface area contributed by atoms with Gasteiger partial charge in [0, 0.05) is 4.90 Å². The van der Waals surface area contributed by atoms with E-state index >= 15 is 0 Å². The highest BCUT2D eigenvalue weighted by molar-refractivity contribution is 7.80. The van der Waals surface area contributed by atoms with E-state index in [0.29, 0.717) is 5.75 Å². The number of carbonyl (C=O) groups excluding carboxylic acids is 1. The Hall–Kier alpha value is -0.960. The van der Waals surface area contributed by atoms with Crippen LogP contribution in [0.3, 0.4) is 0 Å². The maximum absolute atomic E-state index is 11.4. The second kappa shape index (κ2) is 5.05. The van der Waals surface area contributed by atoms with Crippen LogP contribution in [0.5, 0.6) is 5.75 Å². The van der Waals surface area contributed by atoms with Crippen LogP contribution in [0.2, 0.25) is 0 Å². The summed E-state index contributed by atoms with van der Waals surface area (Å²) in [6.45, 7) is 3.82. The van der Waals surface area contributed by atoms with Gasteiger partial charge in [0.15, 0.2) is 0 Å². The smallest absolute Gasteiger partial charge is 0.314 e. The van der Waals surface area contributed by atoms with E-state index < -0.39 is 0 Å². The predicted octanol–water partition coefficient (Wildman–Crippen LogP) is 2.93. The average Bonchev–Trinajstić information content (AvgIpc) is 2.20. The Morgan fingerprint density at radius 1 is 1.43 bits per heavy atom. The van der Waals surface area contributed by atoms with Gasteiger partial charge in [-0.05, 0) is 30.7 Å². The second-order valence-electron chi connectivity index (χ2n) is 3.22. The molecule has 0 spiro atoms. The van der Waals surface area contributed by atoms with Gasteiger partial charge in [-0.2, -0.15) is 0 Å². The lowest BCUT2D eigenvalue weighted by molar-refractivity contribution is -0.138. The van der Waals surface area contributed by atoms with Crippen molar-refractivity contribution in [2.75, 3.05) is 0 Å². The van der Waals surface area contributed by atoms with Crippen LogP contribution in [0.25, 0.3) is 0 Å². The topological polar surface area (TPSA) is 26.3 Å². The lowest BCUT2D eigenvalue weighted by atomic mass is 10.1. The van der Waals surface area contributed by atoms with E-state index in [9.17, 15) is 4.79 Å². The highest BCUT2D eigenvalue weighted by Gasteiger charge is 2.12. The summed E-state index contributed by atoms with van der Waals surface area (Å²) in [5, 5.41) is 0. The van der Waals surface area contributed by atoms with Crippen molar-refractivity contribution in [2.45, 2.75) is 25.2 Å². The van der Waals surface area contributed by atoms with Crippen LogP contribution in [0.4, 0.5) is 0 Å². The zero-order valence-corrected chi connectivity index (χ0v) is 9.25. The Kier molecular flexibility index (Phi) is 4.01. The molecule has 1 atom stereocenters. The van der Waals surface area contributed by atoms with E-state index in [1.807, 2.05) is 13.8 Å². The number of ether oxygens (including phenoxy) is 1. The van der Waals surface area contributed by atoms with Gasteiger partial charge in [0.2, 0.25) is 0 Å². The van der Waals surface area contributed by atoms with Crippen LogP contribution in [0.15, 0.2) is 29.2 Å². The molecule has 3 heteroatoms. The number of rotatable bonds is 3. The Morgan fingerprint density at radius 2 is 2.00 bits per heavy atom. The van der Waals surface area contributed by atoms with E-state index in [2.05, 4.69) is 12.6 Å². The van der Waals surface area contributed by atoms with Crippen molar-refractivity contribution in [1.29, 1.82) is 0 Å². The van der Waals surface area contributed by atoms with Crippen molar-refractivity contribution in [3.05, 3.63) is 24.3 Å². The van der Waals surface area contributed by atoms with Crippen molar-refractivity contribution in [3.8, 4) is 5.75 Å². The van der Waals surface area contributed by atoms with E-state index in [0.717, 1.165) is 11.3 Å². The van der Waals surface area contributed by atoms with Crippen molar-refractivity contribution < 1.29 is 9.53 Å². The largest absolute Gasteiger partial charge is 0.426 e. The van der Waals surface area contributed by atoms with E-state index in [1.54, 1.807) is 24.3 Å². The lowest BCUT2D eigenvalue weighted by Crippen LogP contribution is -2.16. The molecule has 0 aliphatic heterocycles. The van der Waals surface area contributed by atoms with Crippen LogP contribution in [-0.4, -0.2) is 5.97 Å². The van der Waals surface area contributed by atoms with Crippen molar-refractivity contribution in [3.63, 3.8) is 0 Å².